The Balaban J connectivity index is 2.60. The molecule has 0 aromatic heterocycles. The Hall–Kier alpha value is -2.04. The van der Waals surface area contributed by atoms with E-state index in [4.69, 9.17) is 5.73 Å². The van der Waals surface area contributed by atoms with Crippen LogP contribution in [0.4, 0.5) is 18.9 Å². The van der Waals surface area contributed by atoms with Crippen molar-refractivity contribution in [1.29, 1.82) is 0 Å². The monoisotopic (exact) mass is 300 g/mol. The maximum absolute atomic E-state index is 11.9. The molecule has 3 N–H and O–H groups in total. The molecule has 0 aliphatic carbocycles. The minimum absolute atomic E-state index is 0.210. The number of rotatable bonds is 4. The Morgan fingerprint density at radius 2 is 2.14 bits per heavy atom. The van der Waals surface area contributed by atoms with Gasteiger partial charge in [0.25, 0.3) is 0 Å². The molecule has 1 amide bonds. The highest BCUT2D eigenvalue weighted by Crippen LogP contribution is 2.16. The van der Waals surface area contributed by atoms with Gasteiger partial charge in [-0.15, -0.1) is 0 Å². The number of alkyl halides is 3. The van der Waals surface area contributed by atoms with E-state index < -0.39 is 25.3 Å². The van der Waals surface area contributed by atoms with E-state index in [1.165, 1.54) is 0 Å². The van der Waals surface area contributed by atoms with Crippen LogP contribution in [0, 0.1) is 18.8 Å². The molecule has 0 heterocycles. The van der Waals surface area contributed by atoms with Crippen molar-refractivity contribution in [2.24, 2.45) is 5.73 Å². The number of hydrogen-bond acceptors (Lipinski definition) is 3. The molecule has 0 aliphatic heterocycles. The molecule has 0 unspecified atom stereocenters. The normalized spacial score (nSPS) is 10.7. The van der Waals surface area contributed by atoms with E-state index in [0.717, 1.165) is 5.56 Å². The van der Waals surface area contributed by atoms with Crippen LogP contribution in [0.3, 0.4) is 0 Å². The van der Waals surface area contributed by atoms with Gasteiger partial charge in [-0.2, -0.15) is 13.2 Å². The fourth-order valence-electron chi connectivity index (χ4n) is 1.44. The van der Waals surface area contributed by atoms with Gasteiger partial charge in [-0.25, -0.2) is 0 Å². The molecule has 114 valence electrons. The van der Waals surface area contributed by atoms with Gasteiger partial charge in [-0.3, -0.25) is 4.79 Å². The molecule has 1 rings (SSSR count). The third kappa shape index (κ3) is 6.79. The van der Waals surface area contributed by atoms with Crippen LogP contribution in [-0.2, 0) is 9.53 Å². The first-order valence-electron chi connectivity index (χ1n) is 6.06. The number of carbonyl (C=O) groups is 1. The second kappa shape index (κ2) is 7.67. The molecule has 0 bridgehead atoms. The van der Waals surface area contributed by atoms with E-state index in [0.29, 0.717) is 11.3 Å². The first-order chi connectivity index (χ1) is 9.81. The fraction of sp³-hybridized carbons (Fsp3) is 0.357. The highest BCUT2D eigenvalue weighted by molar-refractivity contribution is 5.91. The van der Waals surface area contributed by atoms with Crippen LogP contribution < -0.4 is 11.1 Å². The van der Waals surface area contributed by atoms with E-state index in [-0.39, 0.29) is 6.54 Å². The van der Waals surface area contributed by atoms with Crippen molar-refractivity contribution < 1.29 is 22.7 Å². The summed E-state index contributed by atoms with van der Waals surface area (Å²) in [5.74, 6) is 4.87. The van der Waals surface area contributed by atoms with Gasteiger partial charge in [0, 0.05) is 11.3 Å². The molecule has 0 atom stereocenters. The number of hydrogen-bond donors (Lipinski definition) is 2. The van der Waals surface area contributed by atoms with Gasteiger partial charge in [0.15, 0.2) is 0 Å². The van der Waals surface area contributed by atoms with E-state index in [1.54, 1.807) is 18.2 Å². The number of aryl methyl sites for hydroxylation is 1. The molecular weight excluding hydrogens is 285 g/mol. The molecule has 0 saturated carbocycles. The van der Waals surface area contributed by atoms with Crippen LogP contribution >= 0.6 is 0 Å². The smallest absolute Gasteiger partial charge is 0.362 e. The molecular formula is C14H15F3N2O2. The van der Waals surface area contributed by atoms with Crippen LogP contribution in [0.15, 0.2) is 18.2 Å². The van der Waals surface area contributed by atoms with Crippen LogP contribution in [0.1, 0.15) is 11.1 Å². The number of anilines is 1. The van der Waals surface area contributed by atoms with Gasteiger partial charge in [-0.1, -0.05) is 17.9 Å². The molecule has 0 fully saturated rings. The van der Waals surface area contributed by atoms with Gasteiger partial charge >= 0.3 is 6.18 Å². The van der Waals surface area contributed by atoms with E-state index in [2.05, 4.69) is 21.9 Å². The number of nitrogens with one attached hydrogen (secondary N) is 1. The maximum atomic E-state index is 11.9. The summed E-state index contributed by atoms with van der Waals surface area (Å²) in [6.45, 7) is -0.0708. The van der Waals surface area contributed by atoms with Crippen molar-refractivity contribution in [2.45, 2.75) is 13.1 Å². The zero-order chi connectivity index (χ0) is 15.9. The number of carbonyl (C=O) groups excluding carboxylic acids is 1. The molecule has 0 aliphatic rings. The van der Waals surface area contributed by atoms with Gasteiger partial charge in [0.1, 0.15) is 13.2 Å². The Morgan fingerprint density at radius 3 is 2.76 bits per heavy atom. The van der Waals surface area contributed by atoms with Crippen LogP contribution in [-0.4, -0.2) is 31.8 Å². The first kappa shape index (κ1) is 17.0. The lowest BCUT2D eigenvalue weighted by Crippen LogP contribution is -2.24. The molecule has 0 saturated heterocycles. The maximum Gasteiger partial charge on any atom is 0.411 e. The first-order valence-corrected chi connectivity index (χ1v) is 6.06. The van der Waals surface area contributed by atoms with Crippen molar-refractivity contribution in [2.75, 3.05) is 25.1 Å². The lowest BCUT2D eigenvalue weighted by atomic mass is 10.1. The highest BCUT2D eigenvalue weighted by Gasteiger charge is 2.27. The third-order valence-corrected chi connectivity index (χ3v) is 2.35. The minimum atomic E-state index is -4.45. The minimum Gasteiger partial charge on any atom is -0.362 e. The average molecular weight is 300 g/mol. The van der Waals surface area contributed by atoms with E-state index in [9.17, 15) is 18.0 Å². The Kier molecular flexibility index (Phi) is 6.21. The summed E-state index contributed by atoms with van der Waals surface area (Å²) in [6, 6.07) is 5.00. The fourth-order valence-corrected chi connectivity index (χ4v) is 1.44. The van der Waals surface area contributed by atoms with Crippen molar-refractivity contribution in [3.63, 3.8) is 0 Å². The number of benzene rings is 1. The topological polar surface area (TPSA) is 64.3 Å². The molecule has 0 radical (unpaired) electrons. The molecule has 7 heteroatoms. The number of halogens is 3. The Labute approximate surface area is 120 Å². The summed E-state index contributed by atoms with van der Waals surface area (Å²) >= 11 is 0. The Bertz CT molecular complexity index is 560. The molecule has 1 aromatic carbocycles. The summed E-state index contributed by atoms with van der Waals surface area (Å²) in [5, 5.41) is 2.44. The van der Waals surface area contributed by atoms with Crippen molar-refractivity contribution in [1.82, 2.24) is 0 Å². The molecule has 4 nitrogen and oxygen atoms in total. The summed E-state index contributed by atoms with van der Waals surface area (Å²) in [4.78, 5) is 11.4. The second-order valence-corrected chi connectivity index (χ2v) is 4.19. The largest absolute Gasteiger partial charge is 0.411 e. The van der Waals surface area contributed by atoms with Gasteiger partial charge in [-0.05, 0) is 24.6 Å². The summed E-state index contributed by atoms with van der Waals surface area (Å²) in [7, 11) is 0. The summed E-state index contributed by atoms with van der Waals surface area (Å²) < 4.78 is 39.9. The summed E-state index contributed by atoms with van der Waals surface area (Å²) in [6.07, 6.45) is -4.45. The van der Waals surface area contributed by atoms with Gasteiger partial charge in [0.2, 0.25) is 5.91 Å². The molecule has 21 heavy (non-hydrogen) atoms. The predicted octanol–water partition coefficient (Wildman–Crippen LogP) is 1.82. The lowest BCUT2D eigenvalue weighted by molar-refractivity contribution is -0.174. The summed E-state index contributed by atoms with van der Waals surface area (Å²) in [5.41, 5.74) is 7.31. The average Bonchev–Trinajstić information content (AvgIpc) is 2.38. The molecule has 1 aromatic rings. The highest BCUT2D eigenvalue weighted by atomic mass is 19.4. The zero-order valence-electron chi connectivity index (χ0n) is 11.4. The standard InChI is InChI=1S/C14H15F3N2O2/c1-10-4-5-12(7-11(10)3-2-6-18)19-13(20)8-21-9-14(15,16)17/h4-5,7H,6,8-9,18H2,1H3,(H,19,20). The predicted molar refractivity (Wildman–Crippen MR) is 72.6 cm³/mol. The second-order valence-electron chi connectivity index (χ2n) is 4.19. The van der Waals surface area contributed by atoms with Crippen molar-refractivity contribution >= 4 is 11.6 Å². The van der Waals surface area contributed by atoms with Crippen molar-refractivity contribution in [3.8, 4) is 11.8 Å². The van der Waals surface area contributed by atoms with Crippen LogP contribution in [0.5, 0.6) is 0 Å². The zero-order valence-corrected chi connectivity index (χ0v) is 11.4. The number of amides is 1. The lowest BCUT2D eigenvalue weighted by Gasteiger charge is -2.09. The SMILES string of the molecule is Cc1ccc(NC(=O)COCC(F)(F)F)cc1C#CCN. The Morgan fingerprint density at radius 1 is 1.43 bits per heavy atom. The van der Waals surface area contributed by atoms with Gasteiger partial charge in [0.05, 0.1) is 6.54 Å². The number of nitrogens with two attached hydrogens (primary N) is 1. The van der Waals surface area contributed by atoms with Crippen LogP contribution in [0.2, 0.25) is 0 Å². The number of ether oxygens (including phenoxy) is 1. The third-order valence-electron chi connectivity index (χ3n) is 2.35. The molecule has 0 spiro atoms. The van der Waals surface area contributed by atoms with Gasteiger partial charge < -0.3 is 15.8 Å². The van der Waals surface area contributed by atoms with E-state index in [1.807, 2.05) is 6.92 Å². The quantitative estimate of drug-likeness (QED) is 0.834. The van der Waals surface area contributed by atoms with Crippen LogP contribution in [0.25, 0.3) is 0 Å². The van der Waals surface area contributed by atoms with Crippen molar-refractivity contribution in [3.05, 3.63) is 29.3 Å². The van der Waals surface area contributed by atoms with E-state index >= 15 is 0 Å².